The monoisotopic (exact) mass is 325 g/mol. The Morgan fingerprint density at radius 3 is 2.27 bits per heavy atom. The average molecular weight is 325 g/mol. The minimum Gasteiger partial charge on any atom is -0.349 e. The standard InChI is InChI=1S/C15H23N3O3S/c1-17-10-8-13(9-11-17)16-15(19)12-4-6-14(7-5-12)18(2)22(3,20)21/h4-7,13H,8-11H2,1-3H3,(H,16,19). The Morgan fingerprint density at radius 1 is 1.23 bits per heavy atom. The van der Waals surface area contributed by atoms with Crippen molar-refractivity contribution >= 4 is 21.6 Å². The minimum absolute atomic E-state index is 0.108. The Labute approximate surface area is 132 Å². The predicted molar refractivity (Wildman–Crippen MR) is 87.7 cm³/mol. The van der Waals surface area contributed by atoms with Gasteiger partial charge in [-0.2, -0.15) is 0 Å². The topological polar surface area (TPSA) is 69.7 Å². The van der Waals surface area contributed by atoms with Crippen molar-refractivity contribution in [3.05, 3.63) is 29.8 Å². The largest absolute Gasteiger partial charge is 0.349 e. The van der Waals surface area contributed by atoms with Gasteiger partial charge in [0.05, 0.1) is 11.9 Å². The molecular weight excluding hydrogens is 302 g/mol. The van der Waals surface area contributed by atoms with Crippen molar-refractivity contribution < 1.29 is 13.2 Å². The van der Waals surface area contributed by atoms with Crippen LogP contribution in [-0.4, -0.2) is 58.7 Å². The number of carbonyl (C=O) groups excluding carboxylic acids is 1. The third-order valence-corrected chi connectivity index (χ3v) is 5.25. The summed E-state index contributed by atoms with van der Waals surface area (Å²) >= 11 is 0. The Morgan fingerprint density at radius 2 is 1.77 bits per heavy atom. The van der Waals surface area contributed by atoms with Gasteiger partial charge >= 0.3 is 0 Å². The molecule has 7 heteroatoms. The summed E-state index contributed by atoms with van der Waals surface area (Å²) in [6, 6.07) is 6.81. The molecule has 0 spiro atoms. The highest BCUT2D eigenvalue weighted by Gasteiger charge is 2.19. The summed E-state index contributed by atoms with van der Waals surface area (Å²) < 4.78 is 24.2. The Bertz CT molecular complexity index is 620. The van der Waals surface area contributed by atoms with Gasteiger partial charge in [-0.1, -0.05) is 0 Å². The van der Waals surface area contributed by atoms with Crippen LogP contribution in [-0.2, 0) is 10.0 Å². The number of carbonyl (C=O) groups is 1. The minimum atomic E-state index is -3.29. The highest BCUT2D eigenvalue weighted by atomic mass is 32.2. The van der Waals surface area contributed by atoms with Gasteiger partial charge in [-0.05, 0) is 57.2 Å². The molecule has 0 radical (unpaired) electrons. The summed E-state index contributed by atoms with van der Waals surface area (Å²) in [4.78, 5) is 14.5. The first kappa shape index (κ1) is 16.8. The number of anilines is 1. The molecule has 0 aliphatic carbocycles. The van der Waals surface area contributed by atoms with Crippen molar-refractivity contribution in [1.82, 2.24) is 10.2 Å². The first-order valence-corrected chi connectivity index (χ1v) is 9.15. The summed E-state index contributed by atoms with van der Waals surface area (Å²) in [5, 5.41) is 3.04. The lowest BCUT2D eigenvalue weighted by Gasteiger charge is -2.29. The van der Waals surface area contributed by atoms with Crippen molar-refractivity contribution in [2.45, 2.75) is 18.9 Å². The van der Waals surface area contributed by atoms with Crippen molar-refractivity contribution in [3.63, 3.8) is 0 Å². The van der Waals surface area contributed by atoms with E-state index in [0.717, 1.165) is 32.2 Å². The molecule has 0 unspecified atom stereocenters. The fourth-order valence-corrected chi connectivity index (χ4v) is 2.94. The Hall–Kier alpha value is -1.60. The van der Waals surface area contributed by atoms with Crippen LogP contribution in [0.5, 0.6) is 0 Å². The molecule has 6 nitrogen and oxygen atoms in total. The van der Waals surface area contributed by atoms with E-state index >= 15 is 0 Å². The van der Waals surface area contributed by atoms with E-state index in [1.165, 1.54) is 11.4 Å². The number of likely N-dealkylation sites (tertiary alicyclic amines) is 1. The van der Waals surface area contributed by atoms with Crippen LogP contribution in [0.15, 0.2) is 24.3 Å². The van der Waals surface area contributed by atoms with Crippen molar-refractivity contribution in [2.24, 2.45) is 0 Å². The molecule has 1 N–H and O–H groups in total. The molecule has 1 aromatic rings. The molecule has 1 fully saturated rings. The molecule has 0 atom stereocenters. The van der Waals surface area contributed by atoms with Gasteiger partial charge in [0.1, 0.15) is 0 Å². The van der Waals surface area contributed by atoms with Crippen LogP contribution in [0.3, 0.4) is 0 Å². The lowest BCUT2D eigenvalue weighted by atomic mass is 10.0. The number of amides is 1. The van der Waals surface area contributed by atoms with Gasteiger partial charge < -0.3 is 10.2 Å². The number of hydrogen-bond donors (Lipinski definition) is 1. The van der Waals surface area contributed by atoms with E-state index < -0.39 is 10.0 Å². The molecule has 1 heterocycles. The van der Waals surface area contributed by atoms with E-state index in [9.17, 15) is 13.2 Å². The second-order valence-corrected chi connectivity index (χ2v) is 7.84. The van der Waals surface area contributed by atoms with Crippen LogP contribution in [0.2, 0.25) is 0 Å². The number of piperidine rings is 1. The summed E-state index contributed by atoms with van der Waals surface area (Å²) in [5.41, 5.74) is 1.09. The fourth-order valence-electron chi connectivity index (χ4n) is 2.44. The zero-order chi connectivity index (χ0) is 16.3. The number of benzene rings is 1. The maximum atomic E-state index is 12.2. The van der Waals surface area contributed by atoms with E-state index in [0.29, 0.717) is 11.3 Å². The Balaban J connectivity index is 1.99. The number of sulfonamides is 1. The van der Waals surface area contributed by atoms with Gasteiger partial charge in [-0.15, -0.1) is 0 Å². The maximum absolute atomic E-state index is 12.2. The van der Waals surface area contributed by atoms with Crippen LogP contribution < -0.4 is 9.62 Å². The maximum Gasteiger partial charge on any atom is 0.251 e. The number of hydrogen-bond acceptors (Lipinski definition) is 4. The number of rotatable bonds is 4. The zero-order valence-corrected chi connectivity index (χ0v) is 14.1. The number of nitrogens with one attached hydrogen (secondary N) is 1. The molecule has 122 valence electrons. The van der Waals surface area contributed by atoms with Gasteiger partial charge in [-0.25, -0.2) is 8.42 Å². The summed E-state index contributed by atoms with van der Waals surface area (Å²) in [7, 11) is 0.279. The van der Waals surface area contributed by atoms with E-state index in [-0.39, 0.29) is 11.9 Å². The fraction of sp³-hybridized carbons (Fsp3) is 0.533. The van der Waals surface area contributed by atoms with E-state index in [1.54, 1.807) is 24.3 Å². The van der Waals surface area contributed by atoms with Gasteiger partial charge in [0.25, 0.3) is 5.91 Å². The zero-order valence-electron chi connectivity index (χ0n) is 13.2. The first-order valence-electron chi connectivity index (χ1n) is 7.31. The molecule has 0 saturated carbocycles. The van der Waals surface area contributed by atoms with Crippen molar-refractivity contribution in [2.75, 3.05) is 37.7 Å². The van der Waals surface area contributed by atoms with E-state index in [4.69, 9.17) is 0 Å². The predicted octanol–water partition coefficient (Wildman–Crippen LogP) is 0.906. The van der Waals surface area contributed by atoms with Gasteiger partial charge in [0, 0.05) is 18.7 Å². The van der Waals surface area contributed by atoms with Gasteiger partial charge in [0.2, 0.25) is 10.0 Å². The second kappa shape index (κ2) is 6.66. The molecule has 22 heavy (non-hydrogen) atoms. The van der Waals surface area contributed by atoms with Crippen molar-refractivity contribution in [3.8, 4) is 0 Å². The average Bonchev–Trinajstić information content (AvgIpc) is 2.48. The SMILES string of the molecule is CN1CCC(NC(=O)c2ccc(N(C)S(C)(=O)=O)cc2)CC1. The highest BCUT2D eigenvalue weighted by Crippen LogP contribution is 2.17. The summed E-state index contributed by atoms with van der Waals surface area (Å²) in [6.07, 6.45) is 3.06. The highest BCUT2D eigenvalue weighted by molar-refractivity contribution is 7.92. The van der Waals surface area contributed by atoms with Crippen LogP contribution in [0.4, 0.5) is 5.69 Å². The smallest absolute Gasteiger partial charge is 0.251 e. The third-order valence-electron chi connectivity index (χ3n) is 4.04. The van der Waals surface area contributed by atoms with Gasteiger partial charge in [0.15, 0.2) is 0 Å². The Kier molecular flexibility index (Phi) is 5.08. The molecular formula is C15H23N3O3S. The molecule has 2 rings (SSSR count). The first-order chi connectivity index (χ1) is 10.3. The summed E-state index contributed by atoms with van der Waals surface area (Å²) in [6.45, 7) is 1.98. The molecule has 1 aromatic carbocycles. The normalized spacial score (nSPS) is 17.2. The van der Waals surface area contributed by atoms with Crippen LogP contribution in [0.1, 0.15) is 23.2 Å². The molecule has 0 aromatic heterocycles. The van der Waals surface area contributed by atoms with Gasteiger partial charge in [-0.3, -0.25) is 9.10 Å². The number of nitrogens with zero attached hydrogens (tertiary/aromatic N) is 2. The third kappa shape index (κ3) is 4.20. The summed E-state index contributed by atoms with van der Waals surface area (Å²) in [5.74, 6) is -0.108. The van der Waals surface area contributed by atoms with Crippen LogP contribution in [0, 0.1) is 0 Å². The molecule has 1 saturated heterocycles. The van der Waals surface area contributed by atoms with Crippen LogP contribution in [0.25, 0.3) is 0 Å². The second-order valence-electron chi connectivity index (χ2n) is 5.83. The molecule has 1 amide bonds. The lowest BCUT2D eigenvalue weighted by molar-refractivity contribution is 0.0917. The van der Waals surface area contributed by atoms with Crippen LogP contribution >= 0.6 is 0 Å². The molecule has 1 aliphatic rings. The molecule has 1 aliphatic heterocycles. The van der Waals surface area contributed by atoms with E-state index in [1.807, 2.05) is 0 Å². The van der Waals surface area contributed by atoms with E-state index in [2.05, 4.69) is 17.3 Å². The quantitative estimate of drug-likeness (QED) is 0.893. The molecule has 0 bridgehead atoms. The van der Waals surface area contributed by atoms with Crippen molar-refractivity contribution in [1.29, 1.82) is 0 Å². The lowest BCUT2D eigenvalue weighted by Crippen LogP contribution is -2.43.